The molecule has 0 atom stereocenters. The van der Waals surface area contributed by atoms with Crippen LogP contribution < -0.4 is 5.32 Å². The normalized spacial score (nSPS) is 15.3. The molecule has 0 amide bonds. The van der Waals surface area contributed by atoms with Gasteiger partial charge in [0.25, 0.3) is 0 Å². The molecule has 3 nitrogen and oxygen atoms in total. The van der Waals surface area contributed by atoms with Crippen molar-refractivity contribution in [1.82, 2.24) is 10.3 Å². The summed E-state index contributed by atoms with van der Waals surface area (Å²) in [6.07, 6.45) is 6.50. The number of rotatable bonds is 7. The highest BCUT2D eigenvalue weighted by Crippen LogP contribution is 2.39. The zero-order chi connectivity index (χ0) is 11.2. The highest BCUT2D eigenvalue weighted by Gasteiger charge is 2.23. The third kappa shape index (κ3) is 3.58. The fourth-order valence-electron chi connectivity index (χ4n) is 1.84. The number of aliphatic hydroxyl groups excluding tert-OH is 1. The number of nitrogens with one attached hydrogen (secondary N) is 1. The highest BCUT2D eigenvalue weighted by atomic mass is 16.2. The average molecular weight is 220 g/mol. The Morgan fingerprint density at radius 2 is 2.25 bits per heavy atom. The van der Waals surface area contributed by atoms with E-state index in [9.17, 15) is 0 Å². The molecule has 1 fully saturated rings. The van der Waals surface area contributed by atoms with Gasteiger partial charge in [0.2, 0.25) is 0 Å². The van der Waals surface area contributed by atoms with E-state index < -0.39 is 0 Å². The second-order valence-electron chi connectivity index (χ2n) is 4.46. The van der Waals surface area contributed by atoms with E-state index in [0.717, 1.165) is 37.5 Å². The summed E-state index contributed by atoms with van der Waals surface area (Å²) in [6.45, 7) is 2.08. The molecular weight excluding hydrogens is 200 g/mol. The molecule has 3 heteroatoms. The number of pyridine rings is 1. The first-order valence-corrected chi connectivity index (χ1v) is 6.16. The lowest BCUT2D eigenvalue weighted by atomic mass is 10.1. The van der Waals surface area contributed by atoms with Crippen molar-refractivity contribution in [2.45, 2.75) is 38.1 Å². The summed E-state index contributed by atoms with van der Waals surface area (Å²) in [5.41, 5.74) is 2.58. The lowest BCUT2D eigenvalue weighted by Crippen LogP contribution is -2.16. The summed E-state index contributed by atoms with van der Waals surface area (Å²) >= 11 is 0. The number of hydrogen-bond donors (Lipinski definition) is 2. The van der Waals surface area contributed by atoms with E-state index in [2.05, 4.69) is 22.4 Å². The summed E-state index contributed by atoms with van der Waals surface area (Å²) in [4.78, 5) is 4.36. The Kier molecular flexibility index (Phi) is 4.31. The maximum absolute atomic E-state index is 8.65. The zero-order valence-electron chi connectivity index (χ0n) is 9.65. The van der Waals surface area contributed by atoms with Gasteiger partial charge >= 0.3 is 0 Å². The molecule has 16 heavy (non-hydrogen) atoms. The molecule has 1 aromatic heterocycles. The van der Waals surface area contributed by atoms with Crippen LogP contribution in [0.2, 0.25) is 0 Å². The van der Waals surface area contributed by atoms with E-state index >= 15 is 0 Å². The average Bonchev–Trinajstić information content (AvgIpc) is 3.13. The first kappa shape index (κ1) is 11.6. The summed E-state index contributed by atoms with van der Waals surface area (Å²) in [7, 11) is 0. The van der Waals surface area contributed by atoms with Crippen molar-refractivity contribution in [3.8, 4) is 0 Å². The van der Waals surface area contributed by atoms with Crippen LogP contribution in [0.25, 0.3) is 0 Å². The van der Waals surface area contributed by atoms with Crippen LogP contribution in [0.15, 0.2) is 18.3 Å². The Balaban J connectivity index is 1.73. The Morgan fingerprint density at radius 3 is 3.00 bits per heavy atom. The van der Waals surface area contributed by atoms with Gasteiger partial charge in [-0.25, -0.2) is 0 Å². The van der Waals surface area contributed by atoms with Gasteiger partial charge in [0.15, 0.2) is 0 Å². The maximum Gasteiger partial charge on any atom is 0.0544 e. The third-order valence-corrected chi connectivity index (χ3v) is 2.96. The van der Waals surface area contributed by atoms with Crippen LogP contribution in [-0.4, -0.2) is 23.2 Å². The fourth-order valence-corrected chi connectivity index (χ4v) is 1.84. The topological polar surface area (TPSA) is 45.1 Å². The van der Waals surface area contributed by atoms with Gasteiger partial charge in [0, 0.05) is 19.3 Å². The SMILES string of the molecule is OCCCCNCc1cc(C2CC2)ccn1. The van der Waals surface area contributed by atoms with Crippen molar-refractivity contribution in [2.75, 3.05) is 13.2 Å². The summed E-state index contributed by atoms with van der Waals surface area (Å²) in [5.74, 6) is 0.802. The van der Waals surface area contributed by atoms with Gasteiger partial charge in [-0.05, 0) is 55.8 Å². The van der Waals surface area contributed by atoms with Gasteiger partial charge in [0.1, 0.15) is 0 Å². The van der Waals surface area contributed by atoms with Crippen LogP contribution >= 0.6 is 0 Å². The van der Waals surface area contributed by atoms with E-state index in [1.165, 1.54) is 18.4 Å². The molecule has 0 radical (unpaired) electrons. The highest BCUT2D eigenvalue weighted by molar-refractivity contribution is 5.24. The minimum Gasteiger partial charge on any atom is -0.396 e. The van der Waals surface area contributed by atoms with Crippen LogP contribution in [0.4, 0.5) is 0 Å². The molecule has 0 spiro atoms. The first-order chi connectivity index (χ1) is 7.90. The second-order valence-corrected chi connectivity index (χ2v) is 4.46. The van der Waals surface area contributed by atoms with Gasteiger partial charge < -0.3 is 10.4 Å². The number of hydrogen-bond acceptors (Lipinski definition) is 3. The van der Waals surface area contributed by atoms with Gasteiger partial charge in [-0.2, -0.15) is 0 Å². The summed E-state index contributed by atoms with van der Waals surface area (Å²) in [5, 5.41) is 12.0. The minimum absolute atomic E-state index is 0.289. The van der Waals surface area contributed by atoms with Crippen LogP contribution in [0.3, 0.4) is 0 Å². The molecule has 0 unspecified atom stereocenters. The smallest absolute Gasteiger partial charge is 0.0544 e. The predicted molar refractivity (Wildman–Crippen MR) is 64.2 cm³/mol. The van der Waals surface area contributed by atoms with Gasteiger partial charge in [-0.3, -0.25) is 4.98 Å². The van der Waals surface area contributed by atoms with E-state index in [-0.39, 0.29) is 6.61 Å². The molecule has 0 aliphatic heterocycles. The summed E-state index contributed by atoms with van der Waals surface area (Å²) in [6, 6.07) is 4.35. The monoisotopic (exact) mass is 220 g/mol. The third-order valence-electron chi connectivity index (χ3n) is 2.96. The molecule has 0 bridgehead atoms. The van der Waals surface area contributed by atoms with Gasteiger partial charge in [-0.1, -0.05) is 0 Å². The van der Waals surface area contributed by atoms with E-state index in [1.54, 1.807) is 0 Å². The predicted octanol–water partition coefficient (Wildman–Crippen LogP) is 1.82. The van der Waals surface area contributed by atoms with Gasteiger partial charge in [-0.15, -0.1) is 0 Å². The number of nitrogens with zero attached hydrogens (tertiary/aromatic N) is 1. The minimum atomic E-state index is 0.289. The molecule has 1 aliphatic rings. The van der Waals surface area contributed by atoms with Crippen molar-refractivity contribution in [2.24, 2.45) is 0 Å². The molecule has 1 aliphatic carbocycles. The zero-order valence-corrected chi connectivity index (χ0v) is 9.65. The second kappa shape index (κ2) is 5.97. The Morgan fingerprint density at radius 1 is 1.38 bits per heavy atom. The van der Waals surface area contributed by atoms with Crippen molar-refractivity contribution in [3.05, 3.63) is 29.6 Å². The quantitative estimate of drug-likeness (QED) is 0.689. The summed E-state index contributed by atoms with van der Waals surface area (Å²) < 4.78 is 0. The molecular formula is C13H20N2O. The van der Waals surface area contributed by atoms with E-state index in [4.69, 9.17) is 5.11 Å². The van der Waals surface area contributed by atoms with Crippen molar-refractivity contribution in [3.63, 3.8) is 0 Å². The molecule has 1 aromatic rings. The molecule has 0 saturated heterocycles. The van der Waals surface area contributed by atoms with E-state index in [0.29, 0.717) is 0 Å². The largest absolute Gasteiger partial charge is 0.396 e. The van der Waals surface area contributed by atoms with Crippen molar-refractivity contribution < 1.29 is 5.11 Å². The Hall–Kier alpha value is -0.930. The van der Waals surface area contributed by atoms with E-state index in [1.807, 2.05) is 6.20 Å². The molecule has 0 aromatic carbocycles. The Labute approximate surface area is 96.9 Å². The van der Waals surface area contributed by atoms with Crippen LogP contribution in [0.1, 0.15) is 42.9 Å². The van der Waals surface area contributed by atoms with Crippen molar-refractivity contribution in [1.29, 1.82) is 0 Å². The first-order valence-electron chi connectivity index (χ1n) is 6.16. The lowest BCUT2D eigenvalue weighted by Gasteiger charge is -2.05. The lowest BCUT2D eigenvalue weighted by molar-refractivity contribution is 0.283. The van der Waals surface area contributed by atoms with Crippen LogP contribution in [0.5, 0.6) is 0 Å². The van der Waals surface area contributed by atoms with Crippen LogP contribution in [-0.2, 0) is 6.54 Å². The molecule has 1 heterocycles. The fraction of sp³-hybridized carbons (Fsp3) is 0.615. The molecule has 1 saturated carbocycles. The molecule has 88 valence electrons. The molecule has 2 N–H and O–H groups in total. The molecule has 2 rings (SSSR count). The number of aromatic nitrogens is 1. The Bertz CT molecular complexity index is 323. The van der Waals surface area contributed by atoms with Crippen LogP contribution in [0, 0.1) is 0 Å². The van der Waals surface area contributed by atoms with Gasteiger partial charge in [0.05, 0.1) is 5.69 Å². The number of aliphatic hydroxyl groups is 1. The van der Waals surface area contributed by atoms with Crippen molar-refractivity contribution >= 4 is 0 Å². The number of unbranched alkanes of at least 4 members (excludes halogenated alkanes) is 1. The maximum atomic E-state index is 8.65. The standard InChI is InChI=1S/C13H20N2O/c16-8-2-1-6-14-10-13-9-12(5-7-15-13)11-3-4-11/h5,7,9,11,14,16H,1-4,6,8,10H2.